The number of carbonyl (C=O) groups is 2. The van der Waals surface area contributed by atoms with Gasteiger partial charge < -0.3 is 15.0 Å². The maximum absolute atomic E-state index is 13.3. The lowest BCUT2D eigenvalue weighted by Gasteiger charge is -2.43. The Labute approximate surface area is 159 Å². The zero-order chi connectivity index (χ0) is 19.3. The molecule has 0 saturated heterocycles. The van der Waals surface area contributed by atoms with Crippen molar-refractivity contribution in [1.82, 2.24) is 9.88 Å². The highest BCUT2D eigenvalue weighted by Crippen LogP contribution is 2.35. The molecular weight excluding hydrogens is 342 g/mol. The molecule has 3 rings (SSSR count). The summed E-state index contributed by atoms with van der Waals surface area (Å²) in [7, 11) is 3.32. The number of ether oxygens (including phenoxy) is 1. The summed E-state index contributed by atoms with van der Waals surface area (Å²) >= 11 is 0. The molecule has 0 atom stereocenters. The van der Waals surface area contributed by atoms with E-state index in [0.29, 0.717) is 24.1 Å². The Morgan fingerprint density at radius 2 is 1.81 bits per heavy atom. The maximum atomic E-state index is 13.3. The predicted octanol–water partition coefficient (Wildman–Crippen LogP) is 3.50. The van der Waals surface area contributed by atoms with Crippen LogP contribution in [0.5, 0.6) is 5.75 Å². The third-order valence-corrected chi connectivity index (χ3v) is 5.31. The molecule has 1 fully saturated rings. The van der Waals surface area contributed by atoms with Gasteiger partial charge in [0.25, 0.3) is 5.91 Å². The van der Waals surface area contributed by atoms with Crippen molar-refractivity contribution >= 4 is 17.5 Å². The van der Waals surface area contributed by atoms with Gasteiger partial charge in [-0.1, -0.05) is 19.3 Å². The number of nitrogens with one attached hydrogen (secondary N) is 1. The first kappa shape index (κ1) is 18.9. The summed E-state index contributed by atoms with van der Waals surface area (Å²) in [6.07, 6.45) is 7.38. The van der Waals surface area contributed by atoms with Crippen LogP contribution < -0.4 is 10.1 Å². The number of likely N-dealkylation sites (N-methyl/N-ethyl adjacent to an activating group) is 1. The molecular formula is C21H25N3O3. The molecule has 0 radical (unpaired) electrons. The van der Waals surface area contributed by atoms with Crippen molar-refractivity contribution in [3.05, 3.63) is 54.4 Å². The average molecular weight is 367 g/mol. The highest BCUT2D eigenvalue weighted by molar-refractivity contribution is 6.03. The molecule has 6 heteroatoms. The number of benzene rings is 1. The topological polar surface area (TPSA) is 71.5 Å². The second-order valence-electron chi connectivity index (χ2n) is 6.88. The molecule has 0 spiro atoms. The van der Waals surface area contributed by atoms with Gasteiger partial charge in [0.2, 0.25) is 5.91 Å². The minimum absolute atomic E-state index is 0.146. The number of hydrogen-bond acceptors (Lipinski definition) is 4. The molecule has 2 aromatic rings. The minimum atomic E-state index is -0.856. The Balaban J connectivity index is 1.84. The number of anilines is 1. The third-order valence-electron chi connectivity index (χ3n) is 5.31. The lowest BCUT2D eigenvalue weighted by molar-refractivity contribution is -0.128. The molecule has 0 bridgehead atoms. The molecule has 1 N–H and O–H groups in total. The number of aromatic nitrogens is 1. The number of amides is 2. The summed E-state index contributed by atoms with van der Waals surface area (Å²) < 4.78 is 5.16. The number of carbonyl (C=O) groups excluding carboxylic acids is 2. The zero-order valence-electron chi connectivity index (χ0n) is 15.8. The van der Waals surface area contributed by atoms with E-state index in [1.165, 1.54) is 6.20 Å². The number of hydrogen-bond donors (Lipinski definition) is 1. The molecule has 27 heavy (non-hydrogen) atoms. The highest BCUT2D eigenvalue weighted by atomic mass is 16.5. The van der Waals surface area contributed by atoms with Gasteiger partial charge in [0.05, 0.1) is 12.7 Å². The molecule has 1 aliphatic rings. The van der Waals surface area contributed by atoms with Crippen LogP contribution in [0.4, 0.5) is 5.69 Å². The molecule has 1 aromatic carbocycles. The van der Waals surface area contributed by atoms with Crippen molar-refractivity contribution in [3.63, 3.8) is 0 Å². The summed E-state index contributed by atoms with van der Waals surface area (Å²) in [4.78, 5) is 31.9. The van der Waals surface area contributed by atoms with Gasteiger partial charge in [-0.3, -0.25) is 14.6 Å². The van der Waals surface area contributed by atoms with E-state index in [1.807, 2.05) is 0 Å². The molecule has 1 saturated carbocycles. The van der Waals surface area contributed by atoms with E-state index >= 15 is 0 Å². The molecule has 0 aliphatic heterocycles. The molecule has 0 unspecified atom stereocenters. The van der Waals surface area contributed by atoms with Gasteiger partial charge in [0, 0.05) is 25.1 Å². The maximum Gasteiger partial charge on any atom is 0.256 e. The Morgan fingerprint density at radius 3 is 2.41 bits per heavy atom. The van der Waals surface area contributed by atoms with Crippen molar-refractivity contribution in [2.24, 2.45) is 0 Å². The van der Waals surface area contributed by atoms with Crippen molar-refractivity contribution in [1.29, 1.82) is 0 Å². The van der Waals surface area contributed by atoms with E-state index in [-0.39, 0.29) is 11.8 Å². The van der Waals surface area contributed by atoms with Gasteiger partial charge in [-0.05, 0) is 49.2 Å². The van der Waals surface area contributed by atoms with Crippen molar-refractivity contribution in [3.8, 4) is 5.75 Å². The van der Waals surface area contributed by atoms with Crippen molar-refractivity contribution in [2.75, 3.05) is 19.5 Å². The summed E-state index contributed by atoms with van der Waals surface area (Å²) in [5.74, 6) is 0.395. The first-order valence-electron chi connectivity index (χ1n) is 9.20. The second-order valence-corrected chi connectivity index (χ2v) is 6.88. The van der Waals surface area contributed by atoms with Gasteiger partial charge in [-0.15, -0.1) is 0 Å². The highest BCUT2D eigenvalue weighted by Gasteiger charge is 2.45. The normalized spacial score (nSPS) is 15.6. The zero-order valence-corrected chi connectivity index (χ0v) is 15.8. The van der Waals surface area contributed by atoms with Crippen LogP contribution in [0.25, 0.3) is 0 Å². The second kappa shape index (κ2) is 8.20. The molecule has 142 valence electrons. The fraction of sp³-hybridized carbons (Fsp3) is 0.381. The monoisotopic (exact) mass is 367 g/mol. The van der Waals surface area contributed by atoms with Crippen LogP contribution in [0, 0.1) is 0 Å². The molecule has 1 aliphatic carbocycles. The Bertz CT molecular complexity index is 784. The first-order valence-corrected chi connectivity index (χ1v) is 9.20. The molecule has 1 aromatic heterocycles. The summed E-state index contributed by atoms with van der Waals surface area (Å²) in [6, 6.07) is 10.7. The Morgan fingerprint density at radius 1 is 1.11 bits per heavy atom. The molecule has 6 nitrogen and oxygen atoms in total. The van der Waals surface area contributed by atoms with E-state index in [4.69, 9.17) is 4.74 Å². The van der Waals surface area contributed by atoms with E-state index in [0.717, 1.165) is 25.0 Å². The Kier molecular flexibility index (Phi) is 5.74. The van der Waals surface area contributed by atoms with Crippen LogP contribution in [-0.4, -0.2) is 41.4 Å². The summed E-state index contributed by atoms with van der Waals surface area (Å²) in [5, 5.41) is 2.99. The quantitative estimate of drug-likeness (QED) is 0.878. The van der Waals surface area contributed by atoms with E-state index in [2.05, 4.69) is 10.3 Å². The van der Waals surface area contributed by atoms with Crippen molar-refractivity contribution < 1.29 is 14.3 Å². The lowest BCUT2D eigenvalue weighted by atomic mass is 9.79. The van der Waals surface area contributed by atoms with Crippen LogP contribution in [0.1, 0.15) is 42.5 Å². The van der Waals surface area contributed by atoms with Crippen LogP contribution in [0.2, 0.25) is 0 Å². The van der Waals surface area contributed by atoms with Gasteiger partial charge in [-0.25, -0.2) is 0 Å². The van der Waals surface area contributed by atoms with Gasteiger partial charge in [-0.2, -0.15) is 0 Å². The number of pyridine rings is 1. The fourth-order valence-corrected chi connectivity index (χ4v) is 3.65. The minimum Gasteiger partial charge on any atom is -0.497 e. The van der Waals surface area contributed by atoms with Gasteiger partial charge >= 0.3 is 0 Å². The van der Waals surface area contributed by atoms with Crippen molar-refractivity contribution in [2.45, 2.75) is 37.6 Å². The predicted molar refractivity (Wildman–Crippen MR) is 104 cm³/mol. The number of rotatable bonds is 5. The van der Waals surface area contributed by atoms with E-state index in [1.54, 1.807) is 61.7 Å². The third kappa shape index (κ3) is 3.94. The largest absolute Gasteiger partial charge is 0.497 e. The van der Waals surface area contributed by atoms with E-state index < -0.39 is 5.54 Å². The smallest absolute Gasteiger partial charge is 0.256 e. The summed E-state index contributed by atoms with van der Waals surface area (Å²) in [5.41, 5.74) is 0.320. The van der Waals surface area contributed by atoms with Crippen LogP contribution in [0.15, 0.2) is 48.8 Å². The first-order chi connectivity index (χ1) is 13.1. The fourth-order valence-electron chi connectivity index (χ4n) is 3.65. The van der Waals surface area contributed by atoms with Crippen LogP contribution in [0.3, 0.4) is 0 Å². The molecule has 1 heterocycles. The standard InChI is InChI=1S/C21H25N3O3/c1-24(19(25)16-7-6-14-22-15-16)21(12-4-3-5-13-21)20(26)23-17-8-10-18(27-2)11-9-17/h6-11,14-15H,3-5,12-13H2,1-2H3,(H,23,26). The van der Waals surface area contributed by atoms with Gasteiger partial charge in [0.1, 0.15) is 11.3 Å². The Hall–Kier alpha value is -2.89. The number of nitrogens with zero attached hydrogens (tertiary/aromatic N) is 2. The van der Waals surface area contributed by atoms with Crippen LogP contribution in [-0.2, 0) is 4.79 Å². The summed E-state index contributed by atoms with van der Waals surface area (Å²) in [6.45, 7) is 0. The number of methoxy groups -OCH3 is 1. The lowest BCUT2D eigenvalue weighted by Crippen LogP contribution is -2.58. The average Bonchev–Trinajstić information content (AvgIpc) is 2.74. The van der Waals surface area contributed by atoms with Crippen LogP contribution >= 0.6 is 0 Å². The SMILES string of the molecule is COc1ccc(NC(=O)C2(N(C)C(=O)c3cccnc3)CCCCC2)cc1. The van der Waals surface area contributed by atoms with E-state index in [9.17, 15) is 9.59 Å². The van der Waals surface area contributed by atoms with Gasteiger partial charge in [0.15, 0.2) is 0 Å². The molecule has 2 amide bonds.